The molecule has 0 spiro atoms. The summed E-state index contributed by atoms with van der Waals surface area (Å²) in [6.07, 6.45) is 10.6. The van der Waals surface area contributed by atoms with Gasteiger partial charge in [-0.15, -0.1) is 0 Å². The monoisotopic (exact) mass is 276 g/mol. The van der Waals surface area contributed by atoms with Gasteiger partial charge >= 0.3 is 0 Å². The average molecular weight is 276 g/mol. The summed E-state index contributed by atoms with van der Waals surface area (Å²) < 4.78 is 0. The first-order chi connectivity index (χ1) is 9.65. The summed E-state index contributed by atoms with van der Waals surface area (Å²) in [6.45, 7) is 0. The molecule has 20 heavy (non-hydrogen) atoms. The summed E-state index contributed by atoms with van der Waals surface area (Å²) in [5.41, 5.74) is 11.4. The molecule has 2 fully saturated rings. The van der Waals surface area contributed by atoms with E-state index in [-0.39, 0.29) is 0 Å². The van der Waals surface area contributed by atoms with E-state index in [0.717, 1.165) is 64.2 Å². The van der Waals surface area contributed by atoms with Gasteiger partial charge in [-0.2, -0.15) is 10.5 Å². The second-order valence-corrected chi connectivity index (χ2v) is 6.29. The summed E-state index contributed by atoms with van der Waals surface area (Å²) in [5, 5.41) is 16.8. The fraction of sp³-hybridized carbons (Fsp3) is 0.875. The Morgan fingerprint density at radius 1 is 0.650 bits per heavy atom. The van der Waals surface area contributed by atoms with Gasteiger partial charge in [0.05, 0.1) is 12.1 Å². The summed E-state index contributed by atoms with van der Waals surface area (Å²) in [6, 6.07) is 5.25. The zero-order valence-electron chi connectivity index (χ0n) is 12.4. The lowest BCUT2D eigenvalue weighted by Crippen LogP contribution is -2.26. The summed E-state index contributed by atoms with van der Waals surface area (Å²) >= 11 is 0. The van der Waals surface area contributed by atoms with Crippen LogP contribution in [0.4, 0.5) is 0 Å². The molecule has 0 unspecified atom stereocenters. The third kappa shape index (κ3) is 6.89. The third-order valence-corrected chi connectivity index (χ3v) is 4.54. The van der Waals surface area contributed by atoms with Crippen molar-refractivity contribution in [1.82, 2.24) is 0 Å². The first-order valence-electron chi connectivity index (χ1n) is 7.90. The molecule has 0 aromatic heterocycles. The van der Waals surface area contributed by atoms with Crippen molar-refractivity contribution in [2.24, 2.45) is 23.3 Å². The van der Waals surface area contributed by atoms with Crippen LogP contribution in [0, 0.1) is 34.5 Å². The molecular weight excluding hydrogens is 248 g/mol. The molecular formula is C16H28N4. The first-order valence-corrected chi connectivity index (χ1v) is 7.90. The van der Waals surface area contributed by atoms with Gasteiger partial charge < -0.3 is 11.5 Å². The van der Waals surface area contributed by atoms with E-state index in [9.17, 15) is 0 Å². The van der Waals surface area contributed by atoms with E-state index < -0.39 is 0 Å². The van der Waals surface area contributed by atoms with Crippen LogP contribution in [-0.4, -0.2) is 12.1 Å². The molecule has 2 saturated carbocycles. The van der Waals surface area contributed by atoms with Crippen molar-refractivity contribution in [3.63, 3.8) is 0 Å². The van der Waals surface area contributed by atoms with E-state index in [1.165, 1.54) is 0 Å². The molecule has 4 N–H and O–H groups in total. The predicted molar refractivity (Wildman–Crippen MR) is 80.3 cm³/mol. The third-order valence-electron chi connectivity index (χ3n) is 4.54. The minimum atomic E-state index is 0.412. The van der Waals surface area contributed by atoms with Crippen molar-refractivity contribution in [3.8, 4) is 12.1 Å². The Kier molecular flexibility index (Phi) is 8.26. The number of nitrogens with two attached hydrogens (primary N) is 2. The number of hydrogen-bond acceptors (Lipinski definition) is 4. The predicted octanol–water partition coefficient (Wildman–Crippen LogP) is 2.84. The van der Waals surface area contributed by atoms with Crippen molar-refractivity contribution in [2.75, 3.05) is 0 Å². The second kappa shape index (κ2) is 9.75. The van der Waals surface area contributed by atoms with Crippen LogP contribution in [-0.2, 0) is 0 Å². The molecule has 0 bridgehead atoms. The maximum atomic E-state index is 8.40. The quantitative estimate of drug-likeness (QED) is 0.809. The van der Waals surface area contributed by atoms with E-state index >= 15 is 0 Å². The van der Waals surface area contributed by atoms with Crippen LogP contribution in [0.2, 0.25) is 0 Å². The molecule has 0 atom stereocenters. The van der Waals surface area contributed by atoms with Gasteiger partial charge in [-0.1, -0.05) is 0 Å². The van der Waals surface area contributed by atoms with Crippen molar-refractivity contribution in [2.45, 2.75) is 76.3 Å². The Labute approximate surface area is 123 Å². The van der Waals surface area contributed by atoms with Crippen LogP contribution in [0.5, 0.6) is 0 Å². The highest BCUT2D eigenvalue weighted by Gasteiger charge is 2.18. The topological polar surface area (TPSA) is 99.6 Å². The fourth-order valence-corrected chi connectivity index (χ4v) is 3.04. The number of hydrogen-bond donors (Lipinski definition) is 2. The molecule has 0 amide bonds. The van der Waals surface area contributed by atoms with Crippen molar-refractivity contribution >= 4 is 0 Å². The van der Waals surface area contributed by atoms with Crippen molar-refractivity contribution in [1.29, 1.82) is 10.5 Å². The fourth-order valence-electron chi connectivity index (χ4n) is 3.04. The maximum absolute atomic E-state index is 8.40. The van der Waals surface area contributed by atoms with Crippen LogP contribution in [0.3, 0.4) is 0 Å². The van der Waals surface area contributed by atoms with Gasteiger partial charge in [0.15, 0.2) is 0 Å². The zero-order chi connectivity index (χ0) is 14.8. The zero-order valence-corrected chi connectivity index (χ0v) is 12.4. The average Bonchev–Trinajstić information content (AvgIpc) is 2.45. The van der Waals surface area contributed by atoms with Gasteiger partial charge in [0, 0.05) is 24.9 Å². The molecule has 0 aromatic rings. The van der Waals surface area contributed by atoms with Crippen LogP contribution in [0.15, 0.2) is 0 Å². The standard InChI is InChI=1S/2C8H14N2/c2*9-6-5-7-1-3-8(10)4-2-7/h2*7-8H,1-5,10H2. The highest BCUT2D eigenvalue weighted by molar-refractivity contribution is 4.82. The minimum absolute atomic E-state index is 0.412. The van der Waals surface area contributed by atoms with Crippen LogP contribution in [0.25, 0.3) is 0 Å². The first kappa shape index (κ1) is 17.0. The lowest BCUT2D eigenvalue weighted by atomic mass is 9.85. The van der Waals surface area contributed by atoms with Gasteiger partial charge in [-0.25, -0.2) is 0 Å². The molecule has 112 valence electrons. The molecule has 0 aromatic carbocycles. The Balaban J connectivity index is 0.000000200. The van der Waals surface area contributed by atoms with Crippen LogP contribution in [0.1, 0.15) is 64.2 Å². The Morgan fingerprint density at radius 2 is 0.950 bits per heavy atom. The molecule has 0 aliphatic heterocycles. The Hall–Kier alpha value is -1.10. The summed E-state index contributed by atoms with van der Waals surface area (Å²) in [5.74, 6) is 1.29. The normalized spacial score (nSPS) is 33.2. The molecule has 4 heteroatoms. The van der Waals surface area contributed by atoms with E-state index in [2.05, 4.69) is 12.1 Å². The SMILES string of the molecule is N#CCC1CCC(N)CC1.N#CCC1CCC(N)CC1. The van der Waals surface area contributed by atoms with Crippen LogP contribution < -0.4 is 11.5 Å². The van der Waals surface area contributed by atoms with E-state index in [1.807, 2.05) is 0 Å². The van der Waals surface area contributed by atoms with Gasteiger partial charge in [-0.05, 0) is 63.2 Å². The van der Waals surface area contributed by atoms with E-state index in [1.54, 1.807) is 0 Å². The number of rotatable bonds is 2. The van der Waals surface area contributed by atoms with E-state index in [4.69, 9.17) is 22.0 Å². The second-order valence-electron chi connectivity index (χ2n) is 6.29. The highest BCUT2D eigenvalue weighted by atomic mass is 14.6. The molecule has 0 heterocycles. The molecule has 2 aliphatic carbocycles. The van der Waals surface area contributed by atoms with E-state index in [0.29, 0.717) is 23.9 Å². The lowest BCUT2D eigenvalue weighted by molar-refractivity contribution is 0.331. The van der Waals surface area contributed by atoms with Gasteiger partial charge in [0.2, 0.25) is 0 Å². The smallest absolute Gasteiger partial charge is 0.0624 e. The largest absolute Gasteiger partial charge is 0.328 e. The molecule has 0 saturated heterocycles. The molecule has 2 aliphatic rings. The Bertz CT molecular complexity index is 291. The summed E-state index contributed by atoms with van der Waals surface area (Å²) in [4.78, 5) is 0. The van der Waals surface area contributed by atoms with Crippen LogP contribution >= 0.6 is 0 Å². The van der Waals surface area contributed by atoms with Crippen molar-refractivity contribution < 1.29 is 0 Å². The lowest BCUT2D eigenvalue weighted by Gasteiger charge is -2.23. The number of nitriles is 2. The summed E-state index contributed by atoms with van der Waals surface area (Å²) in [7, 11) is 0. The molecule has 4 nitrogen and oxygen atoms in total. The minimum Gasteiger partial charge on any atom is -0.328 e. The highest BCUT2D eigenvalue weighted by Crippen LogP contribution is 2.25. The Morgan fingerprint density at radius 3 is 1.20 bits per heavy atom. The van der Waals surface area contributed by atoms with Crippen molar-refractivity contribution in [3.05, 3.63) is 0 Å². The molecule has 0 radical (unpaired) electrons. The number of nitrogens with zero attached hydrogens (tertiary/aromatic N) is 2. The van der Waals surface area contributed by atoms with Gasteiger partial charge in [-0.3, -0.25) is 0 Å². The van der Waals surface area contributed by atoms with Gasteiger partial charge in [0.1, 0.15) is 0 Å². The van der Waals surface area contributed by atoms with Gasteiger partial charge in [0.25, 0.3) is 0 Å². The molecule has 2 rings (SSSR count). The maximum Gasteiger partial charge on any atom is 0.0624 e.